The maximum atomic E-state index is 5.73. The fraction of sp³-hybridized carbons (Fsp3) is 0.0500. The Morgan fingerprint density at radius 3 is 1.95 bits per heavy atom. The van der Waals surface area contributed by atoms with Crippen molar-refractivity contribution in [3.8, 4) is 12.3 Å². The molecule has 1 aliphatic rings. The molecule has 0 heterocycles. The fourth-order valence-electron chi connectivity index (χ4n) is 2.66. The highest BCUT2D eigenvalue weighted by molar-refractivity contribution is 6.93. The van der Waals surface area contributed by atoms with Crippen LogP contribution in [0.5, 0.6) is 0 Å². The summed E-state index contributed by atoms with van der Waals surface area (Å²) in [4.78, 5) is 0. The average molecular weight is 284 g/mol. The van der Waals surface area contributed by atoms with Crippen molar-refractivity contribution < 1.29 is 0 Å². The van der Waals surface area contributed by atoms with Gasteiger partial charge in [-0.15, -0.1) is 6.42 Å². The van der Waals surface area contributed by atoms with E-state index in [0.29, 0.717) is 0 Å². The van der Waals surface area contributed by atoms with Gasteiger partial charge in [-0.3, -0.25) is 0 Å². The number of hydrogen-bond donors (Lipinski definition) is 0. The Labute approximate surface area is 127 Å². The minimum absolute atomic E-state index is 0.952. The third-order valence-corrected chi connectivity index (χ3v) is 6.53. The summed E-state index contributed by atoms with van der Waals surface area (Å²) in [6.07, 6.45) is 13.0. The zero-order valence-electron chi connectivity index (χ0n) is 11.8. The van der Waals surface area contributed by atoms with Crippen LogP contribution in [0.3, 0.4) is 0 Å². The van der Waals surface area contributed by atoms with E-state index in [1.807, 2.05) is 0 Å². The predicted molar refractivity (Wildman–Crippen MR) is 93.6 cm³/mol. The summed E-state index contributed by atoms with van der Waals surface area (Å²) in [7, 11) is -1.01. The van der Waals surface area contributed by atoms with Gasteiger partial charge < -0.3 is 0 Å². The van der Waals surface area contributed by atoms with Crippen LogP contribution in [0, 0.1) is 12.3 Å². The number of terminal acetylenes is 1. The van der Waals surface area contributed by atoms with Gasteiger partial charge in [0.05, 0.1) is 8.41 Å². The summed E-state index contributed by atoms with van der Waals surface area (Å²) in [5, 5.41) is 4.18. The molecule has 1 heteroatoms. The molecule has 100 valence electrons. The molecule has 0 nitrogen and oxygen atoms in total. The van der Waals surface area contributed by atoms with E-state index >= 15 is 0 Å². The Morgan fingerprint density at radius 2 is 1.43 bits per heavy atom. The molecule has 0 saturated heterocycles. The number of benzene rings is 2. The fourth-order valence-corrected chi connectivity index (χ4v) is 5.49. The van der Waals surface area contributed by atoms with Crippen molar-refractivity contribution in [3.63, 3.8) is 0 Å². The average Bonchev–Trinajstić information content (AvgIpc) is 2.58. The zero-order chi connectivity index (χ0) is 14.5. The molecule has 2 aromatic rings. The van der Waals surface area contributed by atoms with Crippen molar-refractivity contribution >= 4 is 24.0 Å². The largest absolute Gasteiger partial charge is 0.115 e. The van der Waals surface area contributed by atoms with E-state index < -0.39 is 8.41 Å². The molecule has 1 aliphatic carbocycles. The van der Waals surface area contributed by atoms with Gasteiger partial charge in [0.15, 0.2) is 0 Å². The van der Waals surface area contributed by atoms with Gasteiger partial charge in [0.25, 0.3) is 0 Å². The van der Waals surface area contributed by atoms with E-state index in [-0.39, 0.29) is 0 Å². The van der Waals surface area contributed by atoms with E-state index in [0.717, 1.165) is 12.0 Å². The SMILES string of the molecule is C#CC1=CC=CCC1=[Si](c1ccccc1)c1ccccc1. The van der Waals surface area contributed by atoms with E-state index in [1.54, 1.807) is 0 Å². The van der Waals surface area contributed by atoms with E-state index in [2.05, 4.69) is 84.8 Å². The number of rotatable bonds is 2. The lowest BCUT2D eigenvalue weighted by molar-refractivity contribution is 1.47. The summed E-state index contributed by atoms with van der Waals surface area (Å²) < 4.78 is 0. The third kappa shape index (κ3) is 2.86. The van der Waals surface area contributed by atoms with Crippen molar-refractivity contribution in [3.05, 3.63) is 84.5 Å². The Morgan fingerprint density at radius 1 is 0.857 bits per heavy atom. The first-order valence-electron chi connectivity index (χ1n) is 7.08. The van der Waals surface area contributed by atoms with Gasteiger partial charge in [0.1, 0.15) is 0 Å². The highest BCUT2D eigenvalue weighted by Gasteiger charge is 2.15. The van der Waals surface area contributed by atoms with Gasteiger partial charge in [-0.25, -0.2) is 0 Å². The van der Waals surface area contributed by atoms with Crippen LogP contribution in [-0.2, 0) is 0 Å². The standard InChI is InChI=1S/C20H16Si/c1-2-17-11-9-10-16-20(17)21(18-12-5-3-6-13-18)19-14-7-4-8-15-19/h1,3-15H,16H2. The first-order valence-corrected chi connectivity index (χ1v) is 8.58. The van der Waals surface area contributed by atoms with Crippen molar-refractivity contribution in [2.45, 2.75) is 6.42 Å². The second-order valence-corrected chi connectivity index (χ2v) is 7.45. The molecule has 0 atom stereocenters. The quantitative estimate of drug-likeness (QED) is 0.587. The van der Waals surface area contributed by atoms with Crippen LogP contribution in [-0.4, -0.2) is 13.6 Å². The minimum Gasteiger partial charge on any atom is -0.115 e. The molecule has 2 aromatic carbocycles. The summed E-state index contributed by atoms with van der Waals surface area (Å²) in [6, 6.07) is 21.5. The van der Waals surface area contributed by atoms with Gasteiger partial charge in [0.2, 0.25) is 0 Å². The van der Waals surface area contributed by atoms with E-state index in [9.17, 15) is 0 Å². The van der Waals surface area contributed by atoms with Crippen LogP contribution in [0.25, 0.3) is 0 Å². The molecule has 0 bridgehead atoms. The monoisotopic (exact) mass is 284 g/mol. The molecule has 0 fully saturated rings. The second kappa shape index (κ2) is 6.34. The molecule has 0 amide bonds. The predicted octanol–water partition coefficient (Wildman–Crippen LogP) is 2.57. The van der Waals surface area contributed by atoms with E-state index in [4.69, 9.17) is 6.42 Å². The molecule has 0 aromatic heterocycles. The summed E-state index contributed by atoms with van der Waals surface area (Å²) in [5.41, 5.74) is 1.05. The van der Waals surface area contributed by atoms with Crippen LogP contribution in [0.4, 0.5) is 0 Å². The lowest BCUT2D eigenvalue weighted by atomic mass is 10.1. The van der Waals surface area contributed by atoms with Crippen molar-refractivity contribution in [1.82, 2.24) is 0 Å². The van der Waals surface area contributed by atoms with Crippen LogP contribution >= 0.6 is 0 Å². The second-order valence-electron chi connectivity index (χ2n) is 4.94. The van der Waals surface area contributed by atoms with Crippen molar-refractivity contribution in [2.75, 3.05) is 0 Å². The third-order valence-electron chi connectivity index (χ3n) is 3.63. The molecular formula is C20H16Si. The first-order chi connectivity index (χ1) is 10.4. The molecule has 3 rings (SSSR count). The molecule has 0 unspecified atom stereocenters. The summed E-state index contributed by atoms with van der Waals surface area (Å²) in [5.74, 6) is 2.87. The topological polar surface area (TPSA) is 0 Å². The first kappa shape index (κ1) is 13.5. The van der Waals surface area contributed by atoms with Crippen LogP contribution < -0.4 is 10.4 Å². The van der Waals surface area contributed by atoms with Gasteiger partial charge >= 0.3 is 0 Å². The molecule has 0 saturated carbocycles. The maximum absolute atomic E-state index is 5.73. The van der Waals surface area contributed by atoms with Gasteiger partial charge in [-0.05, 0) is 28.0 Å². The van der Waals surface area contributed by atoms with E-state index in [1.165, 1.54) is 15.5 Å². The Balaban J connectivity index is 2.26. The molecular weight excluding hydrogens is 268 g/mol. The Kier molecular flexibility index (Phi) is 4.09. The maximum Gasteiger partial charge on any atom is 0.0850 e. The Bertz CT molecular complexity index is 715. The van der Waals surface area contributed by atoms with Gasteiger partial charge in [0, 0.05) is 5.57 Å². The molecule has 0 spiro atoms. The summed E-state index contributed by atoms with van der Waals surface area (Å²) >= 11 is 0. The Hall–Kier alpha value is -2.43. The van der Waals surface area contributed by atoms with Crippen LogP contribution in [0.2, 0.25) is 0 Å². The van der Waals surface area contributed by atoms with Gasteiger partial charge in [-0.2, -0.15) is 0 Å². The highest BCUT2D eigenvalue weighted by atomic mass is 28.2. The van der Waals surface area contributed by atoms with Crippen molar-refractivity contribution in [2.24, 2.45) is 0 Å². The number of hydrogen-bond acceptors (Lipinski definition) is 0. The van der Waals surface area contributed by atoms with Crippen LogP contribution in [0.15, 0.2) is 84.5 Å². The normalized spacial score (nSPS) is 13.5. The van der Waals surface area contributed by atoms with Crippen LogP contribution in [0.1, 0.15) is 6.42 Å². The lowest BCUT2D eigenvalue weighted by Crippen LogP contribution is -2.41. The lowest BCUT2D eigenvalue weighted by Gasteiger charge is -2.16. The summed E-state index contributed by atoms with van der Waals surface area (Å²) in [6.45, 7) is 0. The molecule has 21 heavy (non-hydrogen) atoms. The smallest absolute Gasteiger partial charge is 0.0850 e. The molecule has 0 radical (unpaired) electrons. The van der Waals surface area contributed by atoms with Gasteiger partial charge in [-0.1, -0.05) is 78.7 Å². The highest BCUT2D eigenvalue weighted by Crippen LogP contribution is 2.09. The number of allylic oxidation sites excluding steroid dienone is 4. The molecule has 0 aliphatic heterocycles. The zero-order valence-corrected chi connectivity index (χ0v) is 12.8. The minimum atomic E-state index is -1.01. The van der Waals surface area contributed by atoms with Crippen molar-refractivity contribution in [1.29, 1.82) is 0 Å². The molecule has 0 N–H and O–H groups in total.